The van der Waals surface area contributed by atoms with E-state index in [9.17, 15) is 14.4 Å². The number of rotatable bonds is 6. The summed E-state index contributed by atoms with van der Waals surface area (Å²) < 4.78 is 24.3. The molecule has 142 valence electrons. The third kappa shape index (κ3) is 4.13. The monoisotopic (exact) mass is 445 g/mol. The average Bonchev–Trinajstić information content (AvgIpc) is 3.07. The molecule has 7 nitrogen and oxygen atoms in total. The number of hydrogen-bond acceptors (Lipinski definition) is 5. The van der Waals surface area contributed by atoms with Gasteiger partial charge in [-0.1, -0.05) is 0 Å². The Labute approximate surface area is 167 Å². The summed E-state index contributed by atoms with van der Waals surface area (Å²) in [4.78, 5) is 18.0. The molecule has 0 aliphatic carbocycles. The van der Waals surface area contributed by atoms with Crippen LogP contribution < -0.4 is 9.47 Å². The second kappa shape index (κ2) is 8.10. The van der Waals surface area contributed by atoms with E-state index in [1.807, 2.05) is 0 Å². The summed E-state index contributed by atoms with van der Waals surface area (Å²) in [6, 6.07) is 9.43. The van der Waals surface area contributed by atoms with E-state index in [1.54, 1.807) is 18.2 Å². The number of nitriles is 1. The number of aliphatic carboxylic acids is 1. The Bertz CT molecular complexity index is 1130. The highest BCUT2D eigenvalue weighted by Crippen LogP contribution is 2.37. The van der Waals surface area contributed by atoms with E-state index >= 15 is 0 Å². The fourth-order valence-electron chi connectivity index (χ4n) is 2.53. The number of methoxy groups -OCH3 is 1. The zero-order valence-corrected chi connectivity index (χ0v) is 16.1. The number of fused-ring (bicyclic) bond motifs is 1. The molecule has 1 aromatic heterocycles. The number of hydrogen-bond donors (Lipinski definition) is 2. The highest BCUT2D eigenvalue weighted by atomic mass is 79.9. The standard InChI is InChI=1S/C19H13BrFN3O4/c1-27-16-6-10(5-13(20)18(16)28-9-17(25)26)4-11(8-22)19-23-14-3-2-12(21)7-15(14)24-19/h2-7H,9H2,1H3,(H,23,24)(H,25,26)/b11-4-. The van der Waals surface area contributed by atoms with E-state index in [-0.39, 0.29) is 11.3 Å². The summed E-state index contributed by atoms with van der Waals surface area (Å²) in [5, 5.41) is 18.3. The van der Waals surface area contributed by atoms with E-state index in [0.29, 0.717) is 32.6 Å². The molecule has 0 radical (unpaired) electrons. The molecule has 0 saturated heterocycles. The van der Waals surface area contributed by atoms with Crippen LogP contribution in [0.25, 0.3) is 22.7 Å². The molecule has 0 saturated carbocycles. The molecule has 0 fully saturated rings. The zero-order valence-electron chi connectivity index (χ0n) is 14.5. The highest BCUT2D eigenvalue weighted by molar-refractivity contribution is 9.10. The Morgan fingerprint density at radius 1 is 1.43 bits per heavy atom. The lowest BCUT2D eigenvalue weighted by Gasteiger charge is -2.12. The number of aromatic amines is 1. The molecular weight excluding hydrogens is 433 g/mol. The van der Waals surface area contributed by atoms with Crippen molar-refractivity contribution in [2.24, 2.45) is 0 Å². The second-order valence-corrected chi connectivity index (χ2v) is 6.49. The fourth-order valence-corrected chi connectivity index (χ4v) is 3.10. The number of imidazole rings is 1. The Morgan fingerprint density at radius 3 is 2.89 bits per heavy atom. The molecule has 28 heavy (non-hydrogen) atoms. The van der Waals surface area contributed by atoms with Gasteiger partial charge in [-0.3, -0.25) is 0 Å². The molecule has 2 N–H and O–H groups in total. The van der Waals surface area contributed by atoms with Gasteiger partial charge in [-0.05, 0) is 57.9 Å². The minimum atomic E-state index is -1.12. The van der Waals surface area contributed by atoms with Gasteiger partial charge < -0.3 is 19.6 Å². The quantitative estimate of drug-likeness (QED) is 0.555. The van der Waals surface area contributed by atoms with E-state index in [2.05, 4.69) is 32.0 Å². The first kappa shape index (κ1) is 19.4. The van der Waals surface area contributed by atoms with Gasteiger partial charge in [0.1, 0.15) is 17.7 Å². The molecule has 0 amide bonds. The molecule has 0 aliphatic heterocycles. The number of carbonyl (C=O) groups is 1. The molecular formula is C19H13BrFN3O4. The first-order valence-electron chi connectivity index (χ1n) is 7.91. The van der Waals surface area contributed by atoms with Crippen LogP contribution in [0.15, 0.2) is 34.8 Å². The summed E-state index contributed by atoms with van der Waals surface area (Å²) in [5.74, 6) is -0.697. The van der Waals surface area contributed by atoms with Crippen molar-refractivity contribution in [3.05, 3.63) is 52.0 Å². The van der Waals surface area contributed by atoms with Gasteiger partial charge in [0, 0.05) is 0 Å². The second-order valence-electron chi connectivity index (χ2n) is 5.63. The van der Waals surface area contributed by atoms with Crippen LogP contribution in [0.3, 0.4) is 0 Å². The normalized spacial score (nSPS) is 11.3. The first-order chi connectivity index (χ1) is 13.4. The lowest BCUT2D eigenvalue weighted by Crippen LogP contribution is -2.10. The molecule has 1 heterocycles. The van der Waals surface area contributed by atoms with E-state index < -0.39 is 18.4 Å². The molecule has 9 heteroatoms. The number of carboxylic acids is 1. The van der Waals surface area contributed by atoms with E-state index in [4.69, 9.17) is 14.6 Å². The molecule has 2 aromatic carbocycles. The van der Waals surface area contributed by atoms with Crippen LogP contribution in [0.2, 0.25) is 0 Å². The van der Waals surface area contributed by atoms with Crippen molar-refractivity contribution in [1.82, 2.24) is 9.97 Å². The molecule has 3 rings (SSSR count). The SMILES string of the molecule is COc1cc(/C=C(/C#N)c2nc3ccc(F)cc3[nH]2)cc(Br)c1OCC(=O)O. The van der Waals surface area contributed by atoms with Crippen molar-refractivity contribution in [3.63, 3.8) is 0 Å². The van der Waals surface area contributed by atoms with Crippen LogP contribution in [-0.2, 0) is 4.79 Å². The third-order valence-electron chi connectivity index (χ3n) is 3.72. The summed E-state index contributed by atoms with van der Waals surface area (Å²) in [6.45, 7) is -0.525. The van der Waals surface area contributed by atoms with Gasteiger partial charge >= 0.3 is 5.97 Å². The van der Waals surface area contributed by atoms with E-state index in [0.717, 1.165) is 0 Å². The van der Waals surface area contributed by atoms with Crippen LogP contribution in [0.4, 0.5) is 4.39 Å². The van der Waals surface area contributed by atoms with Crippen molar-refractivity contribution >= 4 is 44.6 Å². The molecule has 0 bridgehead atoms. The minimum Gasteiger partial charge on any atom is -0.493 e. The molecule has 0 atom stereocenters. The Hall–Kier alpha value is -3.38. The lowest BCUT2D eigenvalue weighted by atomic mass is 10.1. The summed E-state index contributed by atoms with van der Waals surface area (Å²) >= 11 is 3.32. The Balaban J connectivity index is 2.00. The molecule has 3 aromatic rings. The van der Waals surface area contributed by atoms with Gasteiger partial charge in [-0.15, -0.1) is 0 Å². The summed E-state index contributed by atoms with van der Waals surface area (Å²) in [7, 11) is 1.42. The van der Waals surface area contributed by atoms with Gasteiger partial charge in [0.2, 0.25) is 0 Å². The average molecular weight is 446 g/mol. The maximum absolute atomic E-state index is 13.4. The topological polar surface area (TPSA) is 108 Å². The number of allylic oxidation sites excluding steroid dienone is 1. The molecule has 0 spiro atoms. The number of ether oxygens (including phenoxy) is 2. The summed E-state index contributed by atoms with van der Waals surface area (Å²) in [6.07, 6.45) is 1.57. The van der Waals surface area contributed by atoms with Crippen LogP contribution in [0.5, 0.6) is 11.5 Å². The predicted octanol–water partition coefficient (Wildman–Crippen LogP) is 4.00. The fraction of sp³-hybridized carbons (Fsp3) is 0.105. The number of H-pyrrole nitrogens is 1. The van der Waals surface area contributed by atoms with Crippen molar-refractivity contribution in [1.29, 1.82) is 5.26 Å². The maximum Gasteiger partial charge on any atom is 0.341 e. The number of nitrogens with zero attached hydrogens (tertiary/aromatic N) is 2. The number of aromatic nitrogens is 2. The van der Waals surface area contributed by atoms with Gasteiger partial charge in [0.15, 0.2) is 18.1 Å². The van der Waals surface area contributed by atoms with Crippen LogP contribution in [-0.4, -0.2) is 34.8 Å². The molecule has 0 unspecified atom stereocenters. The van der Waals surface area contributed by atoms with Crippen molar-refractivity contribution < 1.29 is 23.8 Å². The Kier molecular flexibility index (Phi) is 5.61. The number of benzene rings is 2. The van der Waals surface area contributed by atoms with Crippen LogP contribution in [0.1, 0.15) is 11.4 Å². The minimum absolute atomic E-state index is 0.227. The number of halogens is 2. The highest BCUT2D eigenvalue weighted by Gasteiger charge is 2.14. The number of nitrogens with one attached hydrogen (secondary N) is 1. The van der Waals surface area contributed by atoms with Gasteiger partial charge in [-0.25, -0.2) is 14.2 Å². The number of carboxylic acid groups (broad SMARTS) is 1. The van der Waals surface area contributed by atoms with Crippen molar-refractivity contribution in [3.8, 4) is 17.6 Å². The van der Waals surface area contributed by atoms with Crippen molar-refractivity contribution in [2.75, 3.05) is 13.7 Å². The van der Waals surface area contributed by atoms with Crippen molar-refractivity contribution in [2.45, 2.75) is 0 Å². The van der Waals surface area contributed by atoms with Crippen LogP contribution in [0, 0.1) is 17.1 Å². The van der Waals surface area contributed by atoms with Gasteiger partial charge in [-0.2, -0.15) is 5.26 Å². The first-order valence-corrected chi connectivity index (χ1v) is 8.70. The predicted molar refractivity (Wildman–Crippen MR) is 103 cm³/mol. The van der Waals surface area contributed by atoms with E-state index in [1.165, 1.54) is 25.3 Å². The van der Waals surface area contributed by atoms with Crippen LogP contribution >= 0.6 is 15.9 Å². The summed E-state index contributed by atoms with van der Waals surface area (Å²) in [5.41, 5.74) is 1.83. The Morgan fingerprint density at radius 2 is 2.21 bits per heavy atom. The maximum atomic E-state index is 13.4. The third-order valence-corrected chi connectivity index (χ3v) is 4.31. The van der Waals surface area contributed by atoms with Gasteiger partial charge in [0.05, 0.1) is 28.2 Å². The largest absolute Gasteiger partial charge is 0.493 e. The zero-order chi connectivity index (χ0) is 20.3. The van der Waals surface area contributed by atoms with Gasteiger partial charge in [0.25, 0.3) is 0 Å². The lowest BCUT2D eigenvalue weighted by molar-refractivity contribution is -0.139. The molecule has 0 aliphatic rings. The smallest absolute Gasteiger partial charge is 0.341 e.